The van der Waals surface area contributed by atoms with E-state index in [9.17, 15) is 4.79 Å². The van der Waals surface area contributed by atoms with Crippen LogP contribution < -0.4 is 4.90 Å². The predicted octanol–water partition coefficient (Wildman–Crippen LogP) is 1.04. The number of aromatic nitrogens is 2. The number of carbonyl (C=O) groups is 1. The highest BCUT2D eigenvalue weighted by Gasteiger charge is 2.10. The number of hydrogen-bond donors (Lipinski definition) is 0. The Morgan fingerprint density at radius 3 is 2.62 bits per heavy atom. The molecular weight excluding hydrogens is 210 g/mol. The molecule has 0 amide bonds. The number of carbonyl (C=O) groups excluding carboxylic acids is 1. The smallest absolute Gasteiger partial charge is 0.358 e. The average Bonchev–Trinajstić information content (AvgIpc) is 2.39. The van der Waals surface area contributed by atoms with E-state index in [0.29, 0.717) is 5.82 Å². The van der Waals surface area contributed by atoms with E-state index < -0.39 is 5.97 Å². The van der Waals surface area contributed by atoms with E-state index in [2.05, 4.69) is 14.9 Å². The molecule has 16 heavy (non-hydrogen) atoms. The molecule has 6 nitrogen and oxygen atoms in total. The third-order valence-corrected chi connectivity index (χ3v) is 1.91. The van der Waals surface area contributed by atoms with Gasteiger partial charge in [0.15, 0.2) is 11.5 Å². The van der Waals surface area contributed by atoms with E-state index >= 15 is 0 Å². The maximum absolute atomic E-state index is 11.1. The summed E-state index contributed by atoms with van der Waals surface area (Å²) in [6.07, 6.45) is 6.38. The molecule has 0 bridgehead atoms. The van der Waals surface area contributed by atoms with Gasteiger partial charge in [-0.25, -0.2) is 4.79 Å². The predicted molar refractivity (Wildman–Crippen MR) is 55.2 cm³/mol. The lowest BCUT2D eigenvalue weighted by Crippen LogP contribution is -2.13. The van der Waals surface area contributed by atoms with Gasteiger partial charge in [-0.3, -0.25) is 0 Å². The molecule has 0 saturated heterocycles. The highest BCUT2D eigenvalue weighted by Crippen LogP contribution is 2.13. The topological polar surface area (TPSA) is 64.5 Å². The van der Waals surface area contributed by atoms with Crippen molar-refractivity contribution < 1.29 is 14.3 Å². The second kappa shape index (κ2) is 4.43. The zero-order valence-electron chi connectivity index (χ0n) is 8.53. The van der Waals surface area contributed by atoms with Crippen LogP contribution in [0.5, 0.6) is 0 Å². The zero-order chi connectivity index (χ0) is 11.4. The number of methoxy groups -OCH3 is 1. The van der Waals surface area contributed by atoms with Gasteiger partial charge >= 0.3 is 5.97 Å². The lowest BCUT2D eigenvalue weighted by molar-refractivity contribution is 0.0592. The fourth-order valence-electron chi connectivity index (χ4n) is 1.13. The van der Waals surface area contributed by atoms with Crippen molar-refractivity contribution in [2.24, 2.45) is 0 Å². The fourth-order valence-corrected chi connectivity index (χ4v) is 1.13. The van der Waals surface area contributed by atoms with Gasteiger partial charge < -0.3 is 14.4 Å². The van der Waals surface area contributed by atoms with Crippen molar-refractivity contribution in [1.29, 1.82) is 0 Å². The van der Waals surface area contributed by atoms with Crippen LogP contribution in [-0.4, -0.2) is 23.3 Å². The van der Waals surface area contributed by atoms with Crippen molar-refractivity contribution in [3.8, 4) is 0 Å². The number of anilines is 1. The van der Waals surface area contributed by atoms with Gasteiger partial charge in [-0.2, -0.15) is 0 Å². The first-order chi connectivity index (χ1) is 7.81. The number of esters is 1. The maximum atomic E-state index is 11.1. The van der Waals surface area contributed by atoms with Gasteiger partial charge in [0.1, 0.15) is 12.5 Å². The molecule has 0 fully saturated rings. The summed E-state index contributed by atoms with van der Waals surface area (Å²) in [7, 11) is 1.30. The second-order valence-electron chi connectivity index (χ2n) is 2.88. The Labute approximate surface area is 91.8 Å². The summed E-state index contributed by atoms with van der Waals surface area (Å²) in [5.41, 5.74) is 0.174. The Morgan fingerprint density at radius 2 is 2.06 bits per heavy atom. The molecule has 2 heterocycles. The van der Waals surface area contributed by atoms with Crippen LogP contribution in [0.3, 0.4) is 0 Å². The molecule has 0 aromatic carbocycles. The van der Waals surface area contributed by atoms with Gasteiger partial charge in [-0.15, -0.1) is 10.2 Å². The van der Waals surface area contributed by atoms with Gasteiger partial charge in [-0.05, 0) is 12.1 Å². The lowest BCUT2D eigenvalue weighted by atomic mass is 10.4. The van der Waals surface area contributed by atoms with E-state index in [-0.39, 0.29) is 5.69 Å². The molecule has 0 N–H and O–H groups in total. The second-order valence-corrected chi connectivity index (χ2v) is 2.88. The van der Waals surface area contributed by atoms with Crippen LogP contribution in [0.4, 0.5) is 5.82 Å². The molecule has 1 aliphatic rings. The molecule has 0 spiro atoms. The minimum Gasteiger partial charge on any atom is -0.470 e. The molecule has 1 aliphatic heterocycles. The van der Waals surface area contributed by atoms with E-state index in [0.717, 1.165) is 0 Å². The molecule has 1 aromatic rings. The van der Waals surface area contributed by atoms with E-state index in [1.54, 1.807) is 29.4 Å². The summed E-state index contributed by atoms with van der Waals surface area (Å²) in [5.74, 6) is 0.0792. The largest absolute Gasteiger partial charge is 0.470 e. The van der Waals surface area contributed by atoms with Gasteiger partial charge in [0.25, 0.3) is 0 Å². The van der Waals surface area contributed by atoms with Crippen molar-refractivity contribution in [3.05, 3.63) is 42.8 Å². The molecule has 0 unspecified atom stereocenters. The molecule has 0 radical (unpaired) electrons. The highest BCUT2D eigenvalue weighted by atomic mass is 16.5. The summed E-state index contributed by atoms with van der Waals surface area (Å²) in [5, 5.41) is 7.64. The van der Waals surface area contributed by atoms with Crippen LogP contribution in [0.1, 0.15) is 10.5 Å². The van der Waals surface area contributed by atoms with E-state index in [1.165, 1.54) is 19.6 Å². The van der Waals surface area contributed by atoms with Crippen molar-refractivity contribution in [2.45, 2.75) is 0 Å². The summed E-state index contributed by atoms with van der Waals surface area (Å²) in [6, 6.07) is 3.21. The van der Waals surface area contributed by atoms with Crippen LogP contribution in [0, 0.1) is 0 Å². The minimum absolute atomic E-state index is 0.174. The first kappa shape index (κ1) is 10.2. The van der Waals surface area contributed by atoms with Gasteiger partial charge in [-0.1, -0.05) is 0 Å². The lowest BCUT2D eigenvalue weighted by Gasteiger charge is -2.15. The Hall–Kier alpha value is -2.37. The monoisotopic (exact) mass is 219 g/mol. The highest BCUT2D eigenvalue weighted by molar-refractivity contribution is 5.87. The molecule has 0 aliphatic carbocycles. The SMILES string of the molecule is COC(=O)c1ccc(N2C=COC=C2)nn1. The fraction of sp³-hybridized carbons (Fsp3) is 0.100. The molecule has 0 saturated carbocycles. The van der Waals surface area contributed by atoms with Crippen LogP contribution in [-0.2, 0) is 9.47 Å². The van der Waals surface area contributed by atoms with Crippen LogP contribution in [0.2, 0.25) is 0 Å². The Kier molecular flexibility index (Phi) is 2.81. The van der Waals surface area contributed by atoms with Crippen molar-refractivity contribution in [3.63, 3.8) is 0 Å². The Balaban J connectivity index is 2.18. The molecule has 82 valence electrons. The first-order valence-electron chi connectivity index (χ1n) is 4.50. The van der Waals surface area contributed by atoms with Crippen molar-refractivity contribution in [2.75, 3.05) is 12.0 Å². The summed E-state index contributed by atoms with van der Waals surface area (Å²) < 4.78 is 9.39. The third-order valence-electron chi connectivity index (χ3n) is 1.91. The van der Waals surface area contributed by atoms with Crippen LogP contribution in [0.15, 0.2) is 37.1 Å². The summed E-state index contributed by atoms with van der Waals surface area (Å²) >= 11 is 0. The zero-order valence-corrected chi connectivity index (χ0v) is 8.53. The Morgan fingerprint density at radius 1 is 1.31 bits per heavy atom. The normalized spacial score (nSPS) is 13.4. The average molecular weight is 219 g/mol. The molecular formula is C10H9N3O3. The summed E-state index contributed by atoms with van der Waals surface area (Å²) in [4.78, 5) is 12.8. The van der Waals surface area contributed by atoms with Crippen molar-refractivity contribution in [1.82, 2.24) is 10.2 Å². The molecule has 6 heteroatoms. The van der Waals surface area contributed by atoms with Crippen molar-refractivity contribution >= 4 is 11.8 Å². The van der Waals surface area contributed by atoms with E-state index in [4.69, 9.17) is 4.74 Å². The first-order valence-corrected chi connectivity index (χ1v) is 4.50. The molecule has 0 atom stereocenters. The molecule has 1 aromatic heterocycles. The number of rotatable bonds is 2. The third kappa shape index (κ3) is 2.00. The van der Waals surface area contributed by atoms with Crippen LogP contribution in [0.25, 0.3) is 0 Å². The van der Waals surface area contributed by atoms with Crippen LogP contribution >= 0.6 is 0 Å². The number of hydrogen-bond acceptors (Lipinski definition) is 6. The maximum Gasteiger partial charge on any atom is 0.358 e. The number of ether oxygens (including phenoxy) is 2. The minimum atomic E-state index is -0.507. The number of nitrogens with zero attached hydrogens (tertiary/aromatic N) is 3. The molecule has 2 rings (SSSR count). The summed E-state index contributed by atoms with van der Waals surface area (Å²) in [6.45, 7) is 0. The van der Waals surface area contributed by atoms with E-state index in [1.807, 2.05) is 0 Å². The Bertz CT molecular complexity index is 427. The van der Waals surface area contributed by atoms with Gasteiger partial charge in [0, 0.05) is 12.4 Å². The standard InChI is InChI=1S/C10H9N3O3/c1-15-10(14)8-2-3-9(12-11-8)13-4-6-16-7-5-13/h2-7H,1H3. The van der Waals surface area contributed by atoms with Gasteiger partial charge in [0.05, 0.1) is 7.11 Å². The quantitative estimate of drug-likeness (QED) is 0.692. The van der Waals surface area contributed by atoms with Gasteiger partial charge in [0.2, 0.25) is 0 Å².